The summed E-state index contributed by atoms with van der Waals surface area (Å²) in [5.74, 6) is 0.181. The Morgan fingerprint density at radius 3 is 2.50 bits per heavy atom. The van der Waals surface area contributed by atoms with Crippen molar-refractivity contribution in [1.82, 2.24) is 15.0 Å². The number of rotatable bonds is 2. The Morgan fingerprint density at radius 1 is 1.19 bits per heavy atom. The molecule has 0 saturated heterocycles. The van der Waals surface area contributed by atoms with Crippen LogP contribution in [0.1, 0.15) is 0 Å². The van der Waals surface area contributed by atoms with Crippen molar-refractivity contribution in [3.63, 3.8) is 0 Å². The van der Waals surface area contributed by atoms with Crippen LogP contribution in [0.2, 0.25) is 0 Å². The first kappa shape index (κ1) is 10.0. The van der Waals surface area contributed by atoms with Gasteiger partial charge in [-0.25, -0.2) is 14.8 Å². The van der Waals surface area contributed by atoms with Crippen LogP contribution in [0.25, 0.3) is 11.1 Å². The number of carbonyl (C=O) groups excluding carboxylic acids is 1. The largest absolute Gasteiger partial charge is 0.351 e. The summed E-state index contributed by atoms with van der Waals surface area (Å²) in [5, 5.41) is 2.28. The minimum Gasteiger partial charge on any atom is -0.351 e. The van der Waals surface area contributed by atoms with Gasteiger partial charge in [0, 0.05) is 35.9 Å². The maximum absolute atomic E-state index is 10.5. The molecule has 3 N–H and O–H groups in total. The zero-order chi connectivity index (χ0) is 11.4. The van der Waals surface area contributed by atoms with E-state index in [1.54, 1.807) is 24.8 Å². The summed E-state index contributed by atoms with van der Waals surface area (Å²) < 4.78 is 0. The zero-order valence-electron chi connectivity index (χ0n) is 8.29. The van der Waals surface area contributed by atoms with Gasteiger partial charge in [0.1, 0.15) is 0 Å². The fourth-order valence-corrected chi connectivity index (χ4v) is 1.19. The minimum absolute atomic E-state index is 0.181. The van der Waals surface area contributed by atoms with Crippen LogP contribution >= 0.6 is 0 Å². The van der Waals surface area contributed by atoms with Gasteiger partial charge in [0.25, 0.3) is 0 Å². The normalized spacial score (nSPS) is 9.75. The number of urea groups is 1. The molecular formula is C10H9N5O. The summed E-state index contributed by atoms with van der Waals surface area (Å²) in [4.78, 5) is 22.4. The van der Waals surface area contributed by atoms with Crippen molar-refractivity contribution in [1.29, 1.82) is 0 Å². The monoisotopic (exact) mass is 215 g/mol. The summed E-state index contributed by atoms with van der Waals surface area (Å²) >= 11 is 0. The van der Waals surface area contributed by atoms with E-state index in [-0.39, 0.29) is 5.95 Å². The van der Waals surface area contributed by atoms with E-state index in [2.05, 4.69) is 20.3 Å². The molecule has 2 amide bonds. The molecule has 0 fully saturated rings. The average Bonchev–Trinajstić information content (AvgIpc) is 2.30. The quantitative estimate of drug-likeness (QED) is 0.782. The number of primary amides is 1. The molecule has 6 heteroatoms. The molecule has 0 aromatic carbocycles. The second-order valence-corrected chi connectivity index (χ2v) is 3.03. The van der Waals surface area contributed by atoms with Gasteiger partial charge in [-0.3, -0.25) is 10.3 Å². The standard InChI is InChI=1S/C10H9N5O/c11-9(16)15-10-13-5-8(6-14-10)7-2-1-3-12-4-7/h1-6H,(H3,11,13,14,15,16). The number of anilines is 1. The van der Waals surface area contributed by atoms with E-state index in [1.807, 2.05) is 12.1 Å². The van der Waals surface area contributed by atoms with Crippen molar-refractivity contribution in [2.24, 2.45) is 5.73 Å². The van der Waals surface area contributed by atoms with Gasteiger partial charge in [0.15, 0.2) is 0 Å². The second-order valence-electron chi connectivity index (χ2n) is 3.03. The Kier molecular flexibility index (Phi) is 2.73. The molecule has 0 aliphatic carbocycles. The number of nitrogens with zero attached hydrogens (tertiary/aromatic N) is 3. The number of carbonyl (C=O) groups is 1. The van der Waals surface area contributed by atoms with Gasteiger partial charge in [0.05, 0.1) is 0 Å². The van der Waals surface area contributed by atoms with E-state index < -0.39 is 6.03 Å². The highest BCUT2D eigenvalue weighted by atomic mass is 16.2. The lowest BCUT2D eigenvalue weighted by molar-refractivity contribution is 0.259. The first-order valence-corrected chi connectivity index (χ1v) is 4.54. The number of pyridine rings is 1. The molecule has 6 nitrogen and oxygen atoms in total. The maximum Gasteiger partial charge on any atom is 0.319 e. The third kappa shape index (κ3) is 2.30. The molecule has 0 saturated carbocycles. The van der Waals surface area contributed by atoms with E-state index in [0.29, 0.717) is 0 Å². The van der Waals surface area contributed by atoms with Crippen LogP contribution < -0.4 is 11.1 Å². The van der Waals surface area contributed by atoms with Crippen LogP contribution in [-0.4, -0.2) is 21.0 Å². The molecule has 0 radical (unpaired) electrons. The Morgan fingerprint density at radius 2 is 1.94 bits per heavy atom. The van der Waals surface area contributed by atoms with E-state index in [0.717, 1.165) is 11.1 Å². The lowest BCUT2D eigenvalue weighted by Crippen LogP contribution is -2.20. The molecule has 0 bridgehead atoms. The lowest BCUT2D eigenvalue weighted by Gasteiger charge is -2.01. The van der Waals surface area contributed by atoms with Crippen LogP contribution in [0.4, 0.5) is 10.7 Å². The first-order valence-electron chi connectivity index (χ1n) is 4.54. The van der Waals surface area contributed by atoms with Crippen molar-refractivity contribution in [3.8, 4) is 11.1 Å². The van der Waals surface area contributed by atoms with Crippen LogP contribution in [0.3, 0.4) is 0 Å². The van der Waals surface area contributed by atoms with Crippen LogP contribution in [0.5, 0.6) is 0 Å². The molecule has 0 unspecified atom stereocenters. The molecule has 0 atom stereocenters. The number of hydrogen-bond acceptors (Lipinski definition) is 4. The SMILES string of the molecule is NC(=O)Nc1ncc(-c2cccnc2)cn1. The van der Waals surface area contributed by atoms with Crippen molar-refractivity contribution in [2.45, 2.75) is 0 Å². The van der Waals surface area contributed by atoms with Crippen molar-refractivity contribution >= 4 is 12.0 Å². The Labute approximate surface area is 91.6 Å². The summed E-state index contributed by atoms with van der Waals surface area (Å²) in [6.45, 7) is 0. The predicted octanol–water partition coefficient (Wildman–Crippen LogP) is 1.03. The van der Waals surface area contributed by atoms with E-state index >= 15 is 0 Å². The van der Waals surface area contributed by atoms with Crippen LogP contribution in [0.15, 0.2) is 36.9 Å². The van der Waals surface area contributed by atoms with Gasteiger partial charge in [-0.05, 0) is 6.07 Å². The van der Waals surface area contributed by atoms with Crippen LogP contribution in [-0.2, 0) is 0 Å². The Hall–Kier alpha value is -2.50. The number of aromatic nitrogens is 3. The van der Waals surface area contributed by atoms with Crippen molar-refractivity contribution in [2.75, 3.05) is 5.32 Å². The number of nitrogens with one attached hydrogen (secondary N) is 1. The number of amides is 2. The fraction of sp³-hybridized carbons (Fsp3) is 0. The molecule has 16 heavy (non-hydrogen) atoms. The minimum atomic E-state index is -0.686. The Bertz CT molecular complexity index is 482. The summed E-state index contributed by atoms with van der Waals surface area (Å²) in [6, 6.07) is 3.03. The summed E-state index contributed by atoms with van der Waals surface area (Å²) in [7, 11) is 0. The first-order chi connectivity index (χ1) is 7.75. The van der Waals surface area contributed by atoms with Gasteiger partial charge >= 0.3 is 6.03 Å². The molecule has 0 spiro atoms. The maximum atomic E-state index is 10.5. The molecule has 2 heterocycles. The highest BCUT2D eigenvalue weighted by Crippen LogP contribution is 2.15. The van der Waals surface area contributed by atoms with E-state index in [1.165, 1.54) is 0 Å². The fourth-order valence-electron chi connectivity index (χ4n) is 1.19. The third-order valence-electron chi connectivity index (χ3n) is 1.88. The molecule has 2 aromatic rings. The van der Waals surface area contributed by atoms with Gasteiger partial charge in [-0.2, -0.15) is 0 Å². The summed E-state index contributed by atoms with van der Waals surface area (Å²) in [5.41, 5.74) is 6.67. The smallest absolute Gasteiger partial charge is 0.319 e. The van der Waals surface area contributed by atoms with Gasteiger partial charge in [0.2, 0.25) is 5.95 Å². The van der Waals surface area contributed by atoms with Gasteiger partial charge in [-0.1, -0.05) is 6.07 Å². The molecule has 2 aromatic heterocycles. The number of hydrogen-bond donors (Lipinski definition) is 2. The molecule has 2 rings (SSSR count). The van der Waals surface area contributed by atoms with E-state index in [4.69, 9.17) is 5.73 Å². The molecule has 80 valence electrons. The molecule has 0 aliphatic heterocycles. The number of nitrogens with two attached hydrogens (primary N) is 1. The molecule has 0 aliphatic rings. The van der Waals surface area contributed by atoms with Gasteiger partial charge in [-0.15, -0.1) is 0 Å². The topological polar surface area (TPSA) is 93.8 Å². The second kappa shape index (κ2) is 4.35. The van der Waals surface area contributed by atoms with Crippen LogP contribution in [0, 0.1) is 0 Å². The van der Waals surface area contributed by atoms with Crippen molar-refractivity contribution in [3.05, 3.63) is 36.9 Å². The molecular weight excluding hydrogens is 206 g/mol. The highest BCUT2D eigenvalue weighted by Gasteiger charge is 2.01. The zero-order valence-corrected chi connectivity index (χ0v) is 8.29. The average molecular weight is 215 g/mol. The van der Waals surface area contributed by atoms with E-state index in [9.17, 15) is 4.79 Å². The highest BCUT2D eigenvalue weighted by molar-refractivity contribution is 5.85. The van der Waals surface area contributed by atoms with Gasteiger partial charge < -0.3 is 5.73 Å². The van der Waals surface area contributed by atoms with Crippen molar-refractivity contribution < 1.29 is 4.79 Å². The summed E-state index contributed by atoms with van der Waals surface area (Å²) in [6.07, 6.45) is 6.58. The Balaban J connectivity index is 2.23. The lowest BCUT2D eigenvalue weighted by atomic mass is 10.2. The predicted molar refractivity (Wildman–Crippen MR) is 58.5 cm³/mol. The third-order valence-corrected chi connectivity index (χ3v) is 1.88.